The van der Waals surface area contributed by atoms with Crippen LogP contribution in [0.2, 0.25) is 0 Å². The molecule has 2 nitrogen and oxygen atoms in total. The summed E-state index contributed by atoms with van der Waals surface area (Å²) in [5.74, 6) is 0. The molecule has 0 saturated carbocycles. The number of hydrogen-bond acceptors (Lipinski definition) is 2. The summed E-state index contributed by atoms with van der Waals surface area (Å²) in [7, 11) is 0. The molecule has 21 heavy (non-hydrogen) atoms. The maximum Gasteiger partial charge on any atom is 0.401 e. The van der Waals surface area contributed by atoms with E-state index in [4.69, 9.17) is 5.73 Å². The van der Waals surface area contributed by atoms with Crippen molar-refractivity contribution in [1.82, 2.24) is 4.90 Å². The van der Waals surface area contributed by atoms with Gasteiger partial charge in [0.2, 0.25) is 0 Å². The van der Waals surface area contributed by atoms with Gasteiger partial charge in [-0.25, -0.2) is 0 Å². The Morgan fingerprint density at radius 2 is 1.62 bits per heavy atom. The fourth-order valence-electron chi connectivity index (χ4n) is 2.46. The normalized spacial score (nSPS) is 15.5. The average Bonchev–Trinajstić information content (AvgIpc) is 2.42. The van der Waals surface area contributed by atoms with Crippen LogP contribution in [0, 0.1) is 0 Å². The second-order valence-corrected chi connectivity index (χ2v) is 5.74. The van der Waals surface area contributed by atoms with Gasteiger partial charge in [0.1, 0.15) is 0 Å². The molecule has 1 aromatic carbocycles. The number of rotatable bonds is 6. The minimum atomic E-state index is -4.22. The molecule has 120 valence electrons. The molecule has 0 saturated heterocycles. The van der Waals surface area contributed by atoms with Gasteiger partial charge in [0.15, 0.2) is 0 Å². The van der Waals surface area contributed by atoms with Gasteiger partial charge < -0.3 is 5.73 Å². The molecule has 0 aliphatic heterocycles. The SMILES string of the molecule is CCc1ccc(C(N)C(C)N(CC(F)(F)F)C(C)C)cc1. The molecule has 0 fully saturated rings. The van der Waals surface area contributed by atoms with Crippen LogP contribution in [0.1, 0.15) is 44.9 Å². The zero-order valence-corrected chi connectivity index (χ0v) is 13.1. The van der Waals surface area contributed by atoms with E-state index in [1.54, 1.807) is 20.8 Å². The van der Waals surface area contributed by atoms with Crippen molar-refractivity contribution < 1.29 is 13.2 Å². The molecule has 1 aromatic rings. The highest BCUT2D eigenvalue weighted by atomic mass is 19.4. The summed E-state index contributed by atoms with van der Waals surface area (Å²) in [4.78, 5) is 1.40. The minimum Gasteiger partial charge on any atom is -0.323 e. The Bertz CT molecular complexity index is 426. The van der Waals surface area contributed by atoms with E-state index in [0.717, 1.165) is 12.0 Å². The van der Waals surface area contributed by atoms with Crippen molar-refractivity contribution in [2.24, 2.45) is 5.73 Å². The molecule has 0 heterocycles. The zero-order valence-electron chi connectivity index (χ0n) is 13.1. The Kier molecular flexibility index (Phi) is 6.23. The molecular weight excluding hydrogens is 277 g/mol. The first-order valence-electron chi connectivity index (χ1n) is 7.32. The third-order valence-electron chi connectivity index (χ3n) is 3.84. The van der Waals surface area contributed by atoms with E-state index in [0.29, 0.717) is 0 Å². The van der Waals surface area contributed by atoms with E-state index in [9.17, 15) is 13.2 Å². The first-order chi connectivity index (χ1) is 9.65. The van der Waals surface area contributed by atoms with E-state index >= 15 is 0 Å². The van der Waals surface area contributed by atoms with Crippen LogP contribution in [0.25, 0.3) is 0 Å². The molecule has 0 amide bonds. The fourth-order valence-corrected chi connectivity index (χ4v) is 2.46. The molecule has 2 atom stereocenters. The van der Waals surface area contributed by atoms with Crippen molar-refractivity contribution in [1.29, 1.82) is 0 Å². The predicted molar refractivity (Wildman–Crippen MR) is 80.1 cm³/mol. The molecule has 2 unspecified atom stereocenters. The van der Waals surface area contributed by atoms with Crippen LogP contribution in [-0.2, 0) is 6.42 Å². The lowest BCUT2D eigenvalue weighted by Crippen LogP contribution is -2.48. The first-order valence-corrected chi connectivity index (χ1v) is 7.32. The number of nitrogens with two attached hydrogens (primary N) is 1. The Hall–Kier alpha value is -1.07. The lowest BCUT2D eigenvalue weighted by atomic mass is 9.97. The first kappa shape index (κ1) is 18.0. The Morgan fingerprint density at radius 1 is 1.10 bits per heavy atom. The quantitative estimate of drug-likeness (QED) is 0.863. The number of aryl methyl sites for hydroxylation is 1. The summed E-state index contributed by atoms with van der Waals surface area (Å²) in [6.45, 7) is 6.39. The van der Waals surface area contributed by atoms with Crippen molar-refractivity contribution in [2.45, 2.75) is 58.4 Å². The van der Waals surface area contributed by atoms with Gasteiger partial charge >= 0.3 is 6.18 Å². The highest BCUT2D eigenvalue weighted by Crippen LogP contribution is 2.25. The largest absolute Gasteiger partial charge is 0.401 e. The number of halogens is 3. The Labute approximate surface area is 125 Å². The van der Waals surface area contributed by atoms with Crippen LogP contribution in [-0.4, -0.2) is 29.7 Å². The molecule has 2 N–H and O–H groups in total. The molecule has 0 radical (unpaired) electrons. The molecule has 1 rings (SSSR count). The molecule has 0 aliphatic rings. The summed E-state index contributed by atoms with van der Waals surface area (Å²) in [6, 6.07) is 6.72. The Balaban J connectivity index is 2.88. The third-order valence-corrected chi connectivity index (χ3v) is 3.84. The molecule has 0 bridgehead atoms. The van der Waals surface area contributed by atoms with E-state index in [2.05, 4.69) is 6.92 Å². The number of nitrogens with zero attached hydrogens (tertiary/aromatic N) is 1. The van der Waals surface area contributed by atoms with Crippen molar-refractivity contribution in [3.05, 3.63) is 35.4 Å². The van der Waals surface area contributed by atoms with E-state index < -0.39 is 18.8 Å². The summed E-state index contributed by atoms with van der Waals surface area (Å²) < 4.78 is 38.1. The van der Waals surface area contributed by atoms with Gasteiger partial charge in [0.05, 0.1) is 6.54 Å². The smallest absolute Gasteiger partial charge is 0.323 e. The topological polar surface area (TPSA) is 29.3 Å². The standard InChI is InChI=1S/C16H25F3N2/c1-5-13-6-8-14(9-7-13)15(20)12(4)21(11(2)3)10-16(17,18)19/h6-9,11-12,15H,5,10,20H2,1-4H3. The molecule has 0 aromatic heterocycles. The highest BCUT2D eigenvalue weighted by Gasteiger charge is 2.35. The summed E-state index contributed by atoms with van der Waals surface area (Å²) in [6.07, 6.45) is -3.29. The maximum atomic E-state index is 12.7. The minimum absolute atomic E-state index is 0.220. The van der Waals surface area contributed by atoms with E-state index in [-0.39, 0.29) is 12.1 Å². The summed E-state index contributed by atoms with van der Waals surface area (Å²) in [5, 5.41) is 0. The van der Waals surface area contributed by atoms with Crippen LogP contribution in [0.3, 0.4) is 0 Å². The van der Waals surface area contributed by atoms with Crippen LogP contribution in [0.5, 0.6) is 0 Å². The lowest BCUT2D eigenvalue weighted by molar-refractivity contribution is -0.155. The summed E-state index contributed by atoms with van der Waals surface area (Å²) in [5.41, 5.74) is 8.24. The number of hydrogen-bond donors (Lipinski definition) is 1. The highest BCUT2D eigenvalue weighted by molar-refractivity contribution is 5.25. The second kappa shape index (κ2) is 7.27. The van der Waals surface area contributed by atoms with Crippen LogP contribution >= 0.6 is 0 Å². The fraction of sp³-hybridized carbons (Fsp3) is 0.625. The maximum absolute atomic E-state index is 12.7. The van der Waals surface area contributed by atoms with Crippen LogP contribution in [0.4, 0.5) is 13.2 Å². The predicted octanol–water partition coefficient (Wildman–Crippen LogP) is 3.91. The Morgan fingerprint density at radius 3 is 2.00 bits per heavy atom. The van der Waals surface area contributed by atoms with Gasteiger partial charge in [0, 0.05) is 18.1 Å². The van der Waals surface area contributed by atoms with Crippen LogP contribution < -0.4 is 5.73 Å². The lowest BCUT2D eigenvalue weighted by Gasteiger charge is -2.36. The second-order valence-electron chi connectivity index (χ2n) is 5.74. The van der Waals surface area contributed by atoms with E-state index in [1.807, 2.05) is 24.3 Å². The van der Waals surface area contributed by atoms with Gasteiger partial charge in [-0.05, 0) is 38.3 Å². The van der Waals surface area contributed by atoms with Gasteiger partial charge in [-0.15, -0.1) is 0 Å². The van der Waals surface area contributed by atoms with Crippen molar-refractivity contribution in [2.75, 3.05) is 6.54 Å². The van der Waals surface area contributed by atoms with E-state index in [1.165, 1.54) is 10.5 Å². The molecule has 0 spiro atoms. The number of benzene rings is 1. The monoisotopic (exact) mass is 302 g/mol. The molecular formula is C16H25F3N2. The van der Waals surface area contributed by atoms with Crippen molar-refractivity contribution in [3.63, 3.8) is 0 Å². The average molecular weight is 302 g/mol. The van der Waals surface area contributed by atoms with Crippen LogP contribution in [0.15, 0.2) is 24.3 Å². The zero-order chi connectivity index (χ0) is 16.2. The van der Waals surface area contributed by atoms with Gasteiger partial charge in [-0.2, -0.15) is 13.2 Å². The third kappa shape index (κ3) is 5.32. The van der Waals surface area contributed by atoms with Crippen molar-refractivity contribution >= 4 is 0 Å². The van der Waals surface area contributed by atoms with Gasteiger partial charge in [-0.3, -0.25) is 4.90 Å². The molecule has 0 aliphatic carbocycles. The molecule has 5 heteroatoms. The van der Waals surface area contributed by atoms with Gasteiger partial charge in [-0.1, -0.05) is 31.2 Å². The van der Waals surface area contributed by atoms with Crippen molar-refractivity contribution in [3.8, 4) is 0 Å². The number of alkyl halides is 3. The van der Waals surface area contributed by atoms with Gasteiger partial charge in [0.25, 0.3) is 0 Å². The summed E-state index contributed by atoms with van der Waals surface area (Å²) >= 11 is 0.